The van der Waals surface area contributed by atoms with Crippen LogP contribution in [-0.2, 0) is 0 Å². The van der Waals surface area contributed by atoms with Crippen LogP contribution in [0.25, 0.3) is 22.4 Å². The standard InChI is InChI=1S/C30H31BrN8O/c1-30(2,3)17-35-26-20(14-32)15-34-28-23(26)12-21(13-24(28)31)36-27(25-16-39(38-37-25)22-7-8-22)18-5-4-6-19(11-18)29-33-9-10-40-29/h4-6,9-13,15-16,22,27,36-38H,7-8,17H2,1-3H3,(H,34,35)/t27-/m0/s1. The highest BCUT2D eigenvalue weighted by Crippen LogP contribution is 2.37. The van der Waals surface area contributed by atoms with Crippen molar-refractivity contribution < 1.29 is 4.42 Å². The highest BCUT2D eigenvalue weighted by molar-refractivity contribution is 9.10. The van der Waals surface area contributed by atoms with Crippen LogP contribution in [0.3, 0.4) is 0 Å². The third-order valence-corrected chi connectivity index (χ3v) is 7.51. The van der Waals surface area contributed by atoms with Gasteiger partial charge in [-0.3, -0.25) is 9.99 Å². The minimum absolute atomic E-state index is 0.0371. The van der Waals surface area contributed by atoms with E-state index in [0.717, 1.165) is 43.6 Å². The van der Waals surface area contributed by atoms with Crippen LogP contribution in [0.2, 0.25) is 0 Å². The van der Waals surface area contributed by atoms with Crippen molar-refractivity contribution >= 4 is 38.2 Å². The number of hydrogen-bond donors (Lipinski definition) is 4. The summed E-state index contributed by atoms with van der Waals surface area (Å²) in [6, 6.07) is 14.9. The molecule has 2 aromatic heterocycles. The van der Waals surface area contributed by atoms with E-state index < -0.39 is 0 Å². The highest BCUT2D eigenvalue weighted by atomic mass is 79.9. The summed E-state index contributed by atoms with van der Waals surface area (Å²) in [7, 11) is 0. The number of nitrogens with zero attached hydrogens (tertiary/aromatic N) is 4. The first-order valence-electron chi connectivity index (χ1n) is 13.3. The predicted molar refractivity (Wildman–Crippen MR) is 160 cm³/mol. The Morgan fingerprint density at radius 2 is 2.08 bits per heavy atom. The molecule has 4 aromatic rings. The van der Waals surface area contributed by atoms with Crippen molar-refractivity contribution in [3.8, 4) is 17.5 Å². The lowest BCUT2D eigenvalue weighted by atomic mass is 9.96. The molecule has 9 nitrogen and oxygen atoms in total. The number of rotatable bonds is 8. The fourth-order valence-electron chi connectivity index (χ4n) is 4.74. The lowest BCUT2D eigenvalue weighted by Gasteiger charge is -2.24. The molecule has 2 aliphatic rings. The first kappa shape index (κ1) is 26.2. The van der Waals surface area contributed by atoms with Gasteiger partial charge < -0.3 is 20.5 Å². The average Bonchev–Trinajstić information content (AvgIpc) is 3.41. The summed E-state index contributed by atoms with van der Waals surface area (Å²) in [5.41, 5.74) is 12.6. The van der Waals surface area contributed by atoms with Crippen LogP contribution in [-0.4, -0.2) is 27.6 Å². The zero-order valence-electron chi connectivity index (χ0n) is 22.6. The molecule has 0 amide bonds. The van der Waals surface area contributed by atoms with E-state index in [1.165, 1.54) is 12.8 Å². The third kappa shape index (κ3) is 5.48. The van der Waals surface area contributed by atoms with Crippen molar-refractivity contribution in [3.63, 3.8) is 0 Å². The zero-order chi connectivity index (χ0) is 27.9. The quantitative estimate of drug-likeness (QED) is 0.181. The van der Waals surface area contributed by atoms with Gasteiger partial charge in [0.25, 0.3) is 0 Å². The predicted octanol–water partition coefficient (Wildman–Crippen LogP) is 6.46. The molecule has 0 radical (unpaired) electrons. The molecule has 40 heavy (non-hydrogen) atoms. The Hall–Kier alpha value is -4.07. The number of pyridine rings is 1. The number of hydrogen-bond acceptors (Lipinski definition) is 9. The second-order valence-electron chi connectivity index (χ2n) is 11.4. The van der Waals surface area contributed by atoms with Crippen LogP contribution in [0.15, 0.2) is 75.8 Å². The number of anilines is 2. The molecule has 0 spiro atoms. The molecule has 1 aliphatic carbocycles. The maximum Gasteiger partial charge on any atom is 0.225 e. The Labute approximate surface area is 241 Å². The number of aromatic nitrogens is 2. The zero-order valence-corrected chi connectivity index (χ0v) is 24.2. The van der Waals surface area contributed by atoms with E-state index in [9.17, 15) is 5.26 Å². The molecule has 10 heteroatoms. The second kappa shape index (κ2) is 10.5. The molecule has 1 saturated carbocycles. The monoisotopic (exact) mass is 598 g/mol. The molecule has 1 atom stereocenters. The van der Waals surface area contributed by atoms with Gasteiger partial charge in [0.1, 0.15) is 12.3 Å². The summed E-state index contributed by atoms with van der Waals surface area (Å²) in [4.78, 5) is 8.93. The van der Waals surface area contributed by atoms with Gasteiger partial charge in [-0.2, -0.15) is 5.26 Å². The van der Waals surface area contributed by atoms with E-state index in [4.69, 9.17) is 4.42 Å². The van der Waals surface area contributed by atoms with Gasteiger partial charge in [0.05, 0.1) is 34.7 Å². The van der Waals surface area contributed by atoms with Crippen LogP contribution in [0.5, 0.6) is 0 Å². The van der Waals surface area contributed by atoms with E-state index in [1.807, 2.05) is 18.2 Å². The molecule has 6 rings (SSSR count). The molecule has 0 unspecified atom stereocenters. The molecule has 1 aliphatic heterocycles. The van der Waals surface area contributed by atoms with Crippen molar-refractivity contribution in [2.24, 2.45) is 5.41 Å². The Balaban J connectivity index is 1.42. The molecule has 0 bridgehead atoms. The topological polar surface area (TPSA) is 114 Å². The number of hydrazine groups is 2. The molecule has 1 fully saturated rings. The number of halogens is 1. The van der Waals surface area contributed by atoms with Crippen LogP contribution < -0.4 is 21.6 Å². The fraction of sp³-hybridized carbons (Fsp3) is 0.300. The number of fused-ring (bicyclic) bond motifs is 1. The van der Waals surface area contributed by atoms with E-state index in [2.05, 4.69) is 104 Å². The van der Waals surface area contributed by atoms with E-state index in [1.54, 1.807) is 18.7 Å². The van der Waals surface area contributed by atoms with Gasteiger partial charge in [-0.05, 0) is 64.0 Å². The van der Waals surface area contributed by atoms with Gasteiger partial charge in [-0.1, -0.05) is 32.9 Å². The van der Waals surface area contributed by atoms with Gasteiger partial charge in [0.2, 0.25) is 5.89 Å². The van der Waals surface area contributed by atoms with Gasteiger partial charge >= 0.3 is 0 Å². The molecule has 2 aromatic carbocycles. The summed E-state index contributed by atoms with van der Waals surface area (Å²) < 4.78 is 6.41. The summed E-state index contributed by atoms with van der Waals surface area (Å²) >= 11 is 3.74. The van der Waals surface area contributed by atoms with Gasteiger partial charge in [-0.15, -0.1) is 5.53 Å². The van der Waals surface area contributed by atoms with E-state index in [0.29, 0.717) is 24.0 Å². The molecule has 204 valence electrons. The molecule has 3 heterocycles. The lowest BCUT2D eigenvalue weighted by molar-refractivity contribution is 0.260. The van der Waals surface area contributed by atoms with E-state index >= 15 is 0 Å². The van der Waals surface area contributed by atoms with Crippen LogP contribution in [0.4, 0.5) is 11.4 Å². The van der Waals surface area contributed by atoms with Crippen molar-refractivity contribution in [2.45, 2.75) is 45.7 Å². The van der Waals surface area contributed by atoms with Crippen molar-refractivity contribution in [2.75, 3.05) is 17.2 Å². The molecular formula is C30H31BrN8O. The maximum absolute atomic E-state index is 9.87. The van der Waals surface area contributed by atoms with Crippen LogP contribution in [0.1, 0.15) is 50.8 Å². The lowest BCUT2D eigenvalue weighted by Crippen LogP contribution is -2.38. The van der Waals surface area contributed by atoms with E-state index in [-0.39, 0.29) is 11.5 Å². The SMILES string of the molecule is CC(C)(C)CNc1c(C#N)cnc2c(Br)cc(N[C@H](C3=CN(C4CC4)NN3)c3cccc(-c4ncco4)c3)cc12. The average molecular weight is 600 g/mol. The third-order valence-electron chi connectivity index (χ3n) is 6.91. The summed E-state index contributed by atoms with van der Waals surface area (Å²) in [5, 5.41) is 20.1. The Morgan fingerprint density at radius 3 is 2.80 bits per heavy atom. The first-order valence-corrected chi connectivity index (χ1v) is 14.1. The minimum Gasteiger partial charge on any atom is -0.445 e. The number of nitrogens with one attached hydrogen (secondary N) is 4. The largest absolute Gasteiger partial charge is 0.445 e. The smallest absolute Gasteiger partial charge is 0.225 e. The molecular weight excluding hydrogens is 568 g/mol. The minimum atomic E-state index is -0.214. The van der Waals surface area contributed by atoms with Crippen molar-refractivity contribution in [3.05, 3.63) is 82.6 Å². The van der Waals surface area contributed by atoms with Gasteiger partial charge in [-0.25, -0.2) is 4.98 Å². The molecule has 0 saturated heterocycles. The summed E-state index contributed by atoms with van der Waals surface area (Å²) in [6.07, 6.45) is 9.34. The first-order chi connectivity index (χ1) is 19.3. The number of benzene rings is 2. The number of nitriles is 1. The molecule has 4 N–H and O–H groups in total. The normalized spacial score (nSPS) is 15.9. The highest BCUT2D eigenvalue weighted by Gasteiger charge is 2.32. The van der Waals surface area contributed by atoms with Gasteiger partial charge in [0, 0.05) is 46.1 Å². The Kier molecular flexibility index (Phi) is 6.86. The Bertz CT molecular complexity index is 1620. The van der Waals surface area contributed by atoms with Crippen molar-refractivity contribution in [1.29, 1.82) is 5.26 Å². The van der Waals surface area contributed by atoms with Crippen LogP contribution in [0, 0.1) is 16.7 Å². The second-order valence-corrected chi connectivity index (χ2v) is 12.3. The van der Waals surface area contributed by atoms with Crippen molar-refractivity contribution in [1.82, 2.24) is 25.9 Å². The summed E-state index contributed by atoms with van der Waals surface area (Å²) in [5.74, 6) is 0.574. The fourth-order valence-corrected chi connectivity index (χ4v) is 5.30. The van der Waals surface area contributed by atoms with Gasteiger partial charge in [0.15, 0.2) is 0 Å². The van der Waals surface area contributed by atoms with Crippen LogP contribution >= 0.6 is 15.9 Å². The number of oxazole rings is 1. The Morgan fingerprint density at radius 1 is 1.23 bits per heavy atom. The summed E-state index contributed by atoms with van der Waals surface area (Å²) in [6.45, 7) is 7.20. The maximum atomic E-state index is 9.87.